The molecular weight excluding hydrogens is 350 g/mol. The number of amidine groups is 1. The van der Waals surface area contributed by atoms with E-state index in [-0.39, 0.29) is 12.3 Å². The van der Waals surface area contributed by atoms with Gasteiger partial charge in [0, 0.05) is 6.42 Å². The van der Waals surface area contributed by atoms with Gasteiger partial charge >= 0.3 is 0 Å². The zero-order valence-corrected chi connectivity index (χ0v) is 15.1. The van der Waals surface area contributed by atoms with Gasteiger partial charge in [-0.2, -0.15) is 0 Å². The number of ether oxygens (including phenoxy) is 1. The van der Waals surface area contributed by atoms with E-state index in [0.29, 0.717) is 17.4 Å². The van der Waals surface area contributed by atoms with Crippen molar-refractivity contribution in [3.8, 4) is 5.75 Å². The number of carbonyl (C=O) groups excluding carboxylic acids is 2. The maximum atomic E-state index is 12.6. The molecule has 1 aliphatic rings. The molecule has 2 aromatic rings. The smallest absolute Gasteiger partial charge is 0.231 e. The number of nitrogens with zero attached hydrogens (tertiary/aromatic N) is 2. The van der Waals surface area contributed by atoms with Crippen molar-refractivity contribution in [1.82, 2.24) is 4.90 Å². The Morgan fingerprint density at radius 1 is 1.23 bits per heavy atom. The van der Waals surface area contributed by atoms with Crippen LogP contribution in [0.5, 0.6) is 5.75 Å². The van der Waals surface area contributed by atoms with Crippen LogP contribution in [-0.4, -0.2) is 34.2 Å². The summed E-state index contributed by atoms with van der Waals surface area (Å²) in [7, 11) is 1.59. The molecule has 134 valence electrons. The van der Waals surface area contributed by atoms with Gasteiger partial charge in [0.05, 0.1) is 24.6 Å². The molecule has 1 atom stereocenters. The molecule has 2 aromatic carbocycles. The fraction of sp³-hybridized carbons (Fsp3) is 0.211. The van der Waals surface area contributed by atoms with Gasteiger partial charge in [-0.3, -0.25) is 14.5 Å². The summed E-state index contributed by atoms with van der Waals surface area (Å²) in [5.41, 5.74) is 7.08. The van der Waals surface area contributed by atoms with E-state index in [9.17, 15) is 9.59 Å². The van der Waals surface area contributed by atoms with Crippen LogP contribution in [0.15, 0.2) is 59.6 Å². The van der Waals surface area contributed by atoms with Crippen LogP contribution in [0.4, 0.5) is 5.69 Å². The first-order valence-corrected chi connectivity index (χ1v) is 8.98. The predicted molar refractivity (Wildman–Crippen MR) is 102 cm³/mol. The molecule has 3 rings (SSSR count). The van der Waals surface area contributed by atoms with Gasteiger partial charge in [0.25, 0.3) is 0 Å². The number of carbonyl (C=O) groups is 2. The molecule has 1 saturated heterocycles. The lowest BCUT2D eigenvalue weighted by atomic mass is 10.2. The molecule has 0 saturated carbocycles. The molecule has 1 heterocycles. The molecule has 0 aliphatic carbocycles. The van der Waals surface area contributed by atoms with E-state index in [4.69, 9.17) is 10.5 Å². The molecule has 0 spiro atoms. The van der Waals surface area contributed by atoms with Gasteiger partial charge in [0.1, 0.15) is 5.75 Å². The monoisotopic (exact) mass is 369 g/mol. The van der Waals surface area contributed by atoms with Gasteiger partial charge < -0.3 is 10.5 Å². The van der Waals surface area contributed by atoms with Crippen molar-refractivity contribution in [3.63, 3.8) is 0 Å². The second-order valence-electron chi connectivity index (χ2n) is 5.77. The summed E-state index contributed by atoms with van der Waals surface area (Å²) in [6.07, 6.45) is 0.0778. The van der Waals surface area contributed by atoms with Gasteiger partial charge in [-0.15, -0.1) is 0 Å². The largest absolute Gasteiger partial charge is 0.497 e. The summed E-state index contributed by atoms with van der Waals surface area (Å²) in [4.78, 5) is 30.4. The summed E-state index contributed by atoms with van der Waals surface area (Å²) in [5, 5.41) is -0.134. The molecular formula is C19H19N3O3S. The van der Waals surface area contributed by atoms with Crippen LogP contribution in [-0.2, 0) is 16.1 Å². The molecule has 1 aliphatic heterocycles. The van der Waals surface area contributed by atoms with Crippen LogP contribution in [0.25, 0.3) is 0 Å². The zero-order chi connectivity index (χ0) is 18.5. The topological polar surface area (TPSA) is 85.0 Å². The minimum absolute atomic E-state index is 0.0778. The van der Waals surface area contributed by atoms with Crippen LogP contribution < -0.4 is 10.5 Å². The number of rotatable bonds is 5. The number of hydrogen-bond acceptors (Lipinski definition) is 5. The summed E-state index contributed by atoms with van der Waals surface area (Å²) in [6, 6.07) is 16.8. The number of aliphatic imine (C=N–C) groups is 1. The Morgan fingerprint density at radius 2 is 1.92 bits per heavy atom. The third-order valence-electron chi connectivity index (χ3n) is 3.94. The molecule has 7 heteroatoms. The van der Waals surface area contributed by atoms with Crippen LogP contribution in [0.2, 0.25) is 0 Å². The summed E-state index contributed by atoms with van der Waals surface area (Å²) >= 11 is 1.22. The summed E-state index contributed by atoms with van der Waals surface area (Å²) in [5.74, 6) is 0.0475. The average molecular weight is 369 g/mol. The van der Waals surface area contributed by atoms with Gasteiger partial charge in [-0.05, 0) is 29.8 Å². The highest BCUT2D eigenvalue weighted by molar-refractivity contribution is 8.15. The first-order chi connectivity index (χ1) is 12.6. The van der Waals surface area contributed by atoms with Crippen molar-refractivity contribution in [2.75, 3.05) is 7.11 Å². The Kier molecular flexibility index (Phi) is 5.58. The maximum absolute atomic E-state index is 12.6. The summed E-state index contributed by atoms with van der Waals surface area (Å²) in [6.45, 7) is 0.396. The van der Waals surface area contributed by atoms with Crippen LogP contribution in [0, 0.1) is 0 Å². The van der Waals surface area contributed by atoms with E-state index in [1.807, 2.05) is 30.3 Å². The van der Waals surface area contributed by atoms with Crippen LogP contribution in [0.1, 0.15) is 12.0 Å². The minimum atomic E-state index is -0.605. The predicted octanol–water partition coefficient (Wildman–Crippen LogP) is 2.70. The van der Waals surface area contributed by atoms with E-state index in [0.717, 1.165) is 11.3 Å². The van der Waals surface area contributed by atoms with E-state index >= 15 is 0 Å². The zero-order valence-electron chi connectivity index (χ0n) is 14.3. The lowest BCUT2D eigenvalue weighted by Gasteiger charge is -2.31. The number of nitrogens with two attached hydrogens (primary N) is 1. The highest BCUT2D eigenvalue weighted by Gasteiger charge is 2.34. The van der Waals surface area contributed by atoms with Crippen molar-refractivity contribution < 1.29 is 14.3 Å². The third-order valence-corrected chi connectivity index (χ3v) is 5.14. The van der Waals surface area contributed by atoms with Gasteiger partial charge in [-0.25, -0.2) is 4.99 Å². The average Bonchev–Trinajstić information content (AvgIpc) is 2.65. The molecule has 0 aromatic heterocycles. The number of thioether (sulfide) groups is 1. The lowest BCUT2D eigenvalue weighted by Crippen LogP contribution is -2.45. The molecule has 0 bridgehead atoms. The normalized spacial score (nSPS) is 18.8. The van der Waals surface area contributed by atoms with Gasteiger partial charge in [-0.1, -0.05) is 42.1 Å². The summed E-state index contributed by atoms with van der Waals surface area (Å²) < 4.78 is 5.15. The number of primary amides is 1. The Hall–Kier alpha value is -2.80. The minimum Gasteiger partial charge on any atom is -0.497 e. The quantitative estimate of drug-likeness (QED) is 0.878. The maximum Gasteiger partial charge on any atom is 0.231 e. The van der Waals surface area contributed by atoms with Gasteiger partial charge in [0.15, 0.2) is 5.17 Å². The number of hydrogen-bond donors (Lipinski definition) is 1. The van der Waals surface area contributed by atoms with Crippen molar-refractivity contribution in [1.29, 1.82) is 0 Å². The van der Waals surface area contributed by atoms with Crippen LogP contribution >= 0.6 is 11.8 Å². The Balaban J connectivity index is 1.91. The number of methoxy groups -OCH3 is 1. The molecule has 2 amide bonds. The van der Waals surface area contributed by atoms with Crippen molar-refractivity contribution in [3.05, 3.63) is 60.2 Å². The molecule has 0 unspecified atom stereocenters. The van der Waals surface area contributed by atoms with Gasteiger partial charge in [0.2, 0.25) is 11.8 Å². The van der Waals surface area contributed by atoms with Crippen molar-refractivity contribution in [2.24, 2.45) is 10.7 Å². The molecule has 0 radical (unpaired) electrons. The fourth-order valence-electron chi connectivity index (χ4n) is 2.54. The van der Waals surface area contributed by atoms with E-state index < -0.39 is 11.2 Å². The van der Waals surface area contributed by atoms with E-state index in [1.165, 1.54) is 11.8 Å². The molecule has 1 fully saturated rings. The second-order valence-corrected chi connectivity index (χ2v) is 6.94. The Morgan fingerprint density at radius 3 is 2.54 bits per heavy atom. The highest BCUT2D eigenvalue weighted by Crippen LogP contribution is 2.30. The third kappa shape index (κ3) is 4.23. The number of amides is 2. The molecule has 2 N–H and O–H groups in total. The fourth-order valence-corrected chi connectivity index (χ4v) is 3.59. The second kappa shape index (κ2) is 8.05. The van der Waals surface area contributed by atoms with E-state index in [2.05, 4.69) is 4.99 Å². The Labute approximate surface area is 156 Å². The van der Waals surface area contributed by atoms with Crippen LogP contribution in [0.3, 0.4) is 0 Å². The highest BCUT2D eigenvalue weighted by atomic mass is 32.2. The molecule has 26 heavy (non-hydrogen) atoms. The first-order valence-electron chi connectivity index (χ1n) is 8.10. The molecule has 6 nitrogen and oxygen atoms in total. The van der Waals surface area contributed by atoms with Crippen molar-refractivity contribution >= 4 is 34.4 Å². The standard InChI is InChI=1S/C19H19N3O3S/c1-25-15-9-7-14(8-10-15)21-19-22(12-13-5-3-2-4-6-13)17(23)11-16(26-19)18(20)24/h2-10,16H,11-12H2,1H3,(H2,20,24)/t16-/m1/s1. The first kappa shape index (κ1) is 18.0. The lowest BCUT2D eigenvalue weighted by molar-refractivity contribution is -0.130. The number of benzene rings is 2. The van der Waals surface area contributed by atoms with E-state index in [1.54, 1.807) is 36.3 Å². The van der Waals surface area contributed by atoms with Crippen molar-refractivity contribution in [2.45, 2.75) is 18.2 Å². The SMILES string of the molecule is COc1ccc(N=C2S[C@@H](C(N)=O)CC(=O)N2Cc2ccccc2)cc1. The Bertz CT molecular complexity index is 822.